The molecule has 1 aromatic carbocycles. The summed E-state index contributed by atoms with van der Waals surface area (Å²) >= 11 is 12.8. The molecule has 2 N–H and O–H groups in total. The average molecular weight is 455 g/mol. The highest BCUT2D eigenvalue weighted by molar-refractivity contribution is 6.35. The van der Waals surface area contributed by atoms with Crippen LogP contribution in [0.1, 0.15) is 22.8 Å². The number of hydrogen-bond donors (Lipinski definition) is 2. The fraction of sp³-hybridized carbons (Fsp3) is 0. The quantitative estimate of drug-likeness (QED) is 0.268. The van der Waals surface area contributed by atoms with E-state index in [1.54, 1.807) is 6.07 Å². The summed E-state index contributed by atoms with van der Waals surface area (Å²) < 4.78 is 0. The molecule has 5 heterocycles. The van der Waals surface area contributed by atoms with Crippen molar-refractivity contribution in [3.63, 3.8) is 0 Å². The largest absolute Gasteiger partial charge is 0.355 e. The Morgan fingerprint density at radius 3 is 1.78 bits per heavy atom. The molecule has 2 aliphatic rings. The van der Waals surface area contributed by atoms with E-state index in [9.17, 15) is 0 Å². The number of benzene rings is 1. The Morgan fingerprint density at radius 1 is 0.531 bits per heavy atom. The minimum Gasteiger partial charge on any atom is -0.355 e. The summed E-state index contributed by atoms with van der Waals surface area (Å²) in [6, 6.07) is 19.7. The lowest BCUT2D eigenvalue weighted by Crippen LogP contribution is -1.79. The van der Waals surface area contributed by atoms with Crippen LogP contribution in [0.5, 0.6) is 0 Å². The summed E-state index contributed by atoms with van der Waals surface area (Å²) in [5.41, 5.74) is 9.10. The highest BCUT2D eigenvalue weighted by atomic mass is 35.5. The van der Waals surface area contributed by atoms with Crippen molar-refractivity contribution in [2.45, 2.75) is 0 Å². The summed E-state index contributed by atoms with van der Waals surface area (Å²) in [4.78, 5) is 16.4. The third kappa shape index (κ3) is 3.64. The summed E-state index contributed by atoms with van der Waals surface area (Å²) in [6.07, 6.45) is 8.00. The Balaban J connectivity index is 1.69. The zero-order chi connectivity index (χ0) is 21.7. The third-order valence-corrected chi connectivity index (χ3v) is 5.95. The average Bonchev–Trinajstić information content (AvgIpc) is 3.55. The van der Waals surface area contributed by atoms with Gasteiger partial charge in [-0.15, -0.1) is 0 Å². The van der Waals surface area contributed by atoms with Crippen LogP contribution in [-0.2, 0) is 0 Å². The lowest BCUT2D eigenvalue weighted by molar-refractivity contribution is 1.31. The minimum atomic E-state index is 0.631. The van der Waals surface area contributed by atoms with Gasteiger partial charge in [0.2, 0.25) is 0 Å². The normalized spacial score (nSPS) is 12.4. The number of nitrogens with one attached hydrogen (secondary N) is 2. The van der Waals surface area contributed by atoms with E-state index in [0.717, 1.165) is 56.0 Å². The molecule has 0 saturated heterocycles. The molecular weight excluding hydrogens is 439 g/mol. The fourth-order valence-electron chi connectivity index (χ4n) is 3.94. The van der Waals surface area contributed by atoms with Crippen molar-refractivity contribution in [1.82, 2.24) is 19.9 Å². The van der Waals surface area contributed by atoms with E-state index in [0.29, 0.717) is 10.0 Å². The monoisotopic (exact) mass is 454 g/mol. The van der Waals surface area contributed by atoms with Crippen LogP contribution < -0.4 is 0 Å². The van der Waals surface area contributed by atoms with Crippen LogP contribution >= 0.6 is 23.2 Å². The highest BCUT2D eigenvalue weighted by Gasteiger charge is 2.10. The van der Waals surface area contributed by atoms with Crippen molar-refractivity contribution >= 4 is 69.6 Å². The SMILES string of the molecule is Clc1ccc(Cl)c(-c2cc3cc4nc(cc5ccc(cc6nc(cc2[nH]3)C=C6)[nH]5)C=C4)c1. The van der Waals surface area contributed by atoms with Crippen LogP contribution in [0.2, 0.25) is 10.0 Å². The van der Waals surface area contributed by atoms with Gasteiger partial charge in [-0.25, -0.2) is 9.97 Å². The lowest BCUT2D eigenvalue weighted by atomic mass is 10.1. The summed E-state index contributed by atoms with van der Waals surface area (Å²) in [5, 5.41) is 1.27. The van der Waals surface area contributed by atoms with Crippen molar-refractivity contribution in [2.24, 2.45) is 0 Å². The minimum absolute atomic E-state index is 0.631. The first-order valence-electron chi connectivity index (χ1n) is 10.1. The molecule has 154 valence electrons. The Labute approximate surface area is 193 Å². The zero-order valence-corrected chi connectivity index (χ0v) is 18.2. The standard InChI is InChI=1S/C26H16Cl2N4/c27-15-1-8-25(28)23(9-15)24-13-22-12-20-5-4-18(30-20)10-16-2-3-17(29-16)11-19-6-7-21(31-19)14-26(24)32-22/h1-14,29,32H. The molecule has 0 atom stereocenters. The second-order valence-electron chi connectivity index (χ2n) is 7.71. The second-order valence-corrected chi connectivity index (χ2v) is 8.56. The molecule has 0 amide bonds. The summed E-state index contributed by atoms with van der Waals surface area (Å²) in [5.74, 6) is 0. The number of aromatic nitrogens is 4. The second kappa shape index (κ2) is 7.52. The van der Waals surface area contributed by atoms with Gasteiger partial charge < -0.3 is 9.97 Å². The third-order valence-electron chi connectivity index (χ3n) is 5.39. The van der Waals surface area contributed by atoms with Crippen LogP contribution in [0.15, 0.2) is 60.7 Å². The van der Waals surface area contributed by atoms with Crippen molar-refractivity contribution in [3.8, 4) is 11.1 Å². The number of fused-ring (bicyclic) bond motifs is 8. The molecule has 4 aromatic rings. The molecule has 0 aliphatic carbocycles. The molecule has 0 spiro atoms. The number of hydrogen-bond acceptors (Lipinski definition) is 2. The zero-order valence-electron chi connectivity index (χ0n) is 16.7. The van der Waals surface area contributed by atoms with Crippen LogP contribution in [0, 0.1) is 0 Å². The molecule has 8 bridgehead atoms. The van der Waals surface area contributed by atoms with Crippen LogP contribution in [-0.4, -0.2) is 19.9 Å². The molecule has 2 aliphatic heterocycles. The molecule has 0 fully saturated rings. The van der Waals surface area contributed by atoms with Gasteiger partial charge in [-0.1, -0.05) is 23.2 Å². The number of nitrogens with zero attached hydrogens (tertiary/aromatic N) is 2. The van der Waals surface area contributed by atoms with Gasteiger partial charge in [-0.3, -0.25) is 0 Å². The van der Waals surface area contributed by atoms with Crippen LogP contribution in [0.3, 0.4) is 0 Å². The van der Waals surface area contributed by atoms with Crippen molar-refractivity contribution in [2.75, 3.05) is 0 Å². The van der Waals surface area contributed by atoms with Crippen LogP contribution in [0.25, 0.3) is 57.5 Å². The van der Waals surface area contributed by atoms with Gasteiger partial charge in [0.25, 0.3) is 0 Å². The summed E-state index contributed by atoms with van der Waals surface area (Å²) in [6.45, 7) is 0. The van der Waals surface area contributed by atoms with Gasteiger partial charge in [0.05, 0.1) is 22.8 Å². The molecule has 0 saturated carbocycles. The van der Waals surface area contributed by atoms with Gasteiger partial charge in [0, 0.05) is 43.2 Å². The molecular formula is C26H16Cl2N4. The number of halogens is 2. The summed E-state index contributed by atoms with van der Waals surface area (Å²) in [7, 11) is 0. The Hall–Kier alpha value is -3.60. The topological polar surface area (TPSA) is 57.4 Å². The predicted molar refractivity (Wildman–Crippen MR) is 134 cm³/mol. The lowest BCUT2D eigenvalue weighted by Gasteiger charge is -2.03. The maximum atomic E-state index is 6.53. The van der Waals surface area contributed by atoms with Gasteiger partial charge in [-0.2, -0.15) is 0 Å². The molecule has 4 nitrogen and oxygen atoms in total. The van der Waals surface area contributed by atoms with Crippen molar-refractivity contribution in [1.29, 1.82) is 0 Å². The molecule has 3 aromatic heterocycles. The maximum absolute atomic E-state index is 6.53. The Morgan fingerprint density at radius 2 is 1.12 bits per heavy atom. The molecule has 6 heteroatoms. The van der Waals surface area contributed by atoms with Gasteiger partial charge >= 0.3 is 0 Å². The van der Waals surface area contributed by atoms with E-state index in [1.165, 1.54) is 0 Å². The molecule has 0 unspecified atom stereocenters. The first-order valence-corrected chi connectivity index (χ1v) is 10.9. The highest BCUT2D eigenvalue weighted by Crippen LogP contribution is 2.34. The first kappa shape index (κ1) is 19.1. The first-order chi connectivity index (χ1) is 15.6. The van der Waals surface area contributed by atoms with E-state index >= 15 is 0 Å². The van der Waals surface area contributed by atoms with E-state index in [-0.39, 0.29) is 0 Å². The van der Waals surface area contributed by atoms with E-state index in [2.05, 4.69) is 16.0 Å². The number of aromatic amines is 2. The molecule has 32 heavy (non-hydrogen) atoms. The molecule has 6 rings (SSSR count). The van der Waals surface area contributed by atoms with E-state index in [1.807, 2.05) is 72.8 Å². The number of rotatable bonds is 1. The van der Waals surface area contributed by atoms with E-state index in [4.69, 9.17) is 33.2 Å². The smallest absolute Gasteiger partial charge is 0.0658 e. The maximum Gasteiger partial charge on any atom is 0.0658 e. The van der Waals surface area contributed by atoms with Crippen molar-refractivity contribution in [3.05, 3.63) is 93.5 Å². The van der Waals surface area contributed by atoms with Crippen LogP contribution in [0.4, 0.5) is 0 Å². The predicted octanol–water partition coefficient (Wildman–Crippen LogP) is 7.63. The van der Waals surface area contributed by atoms with Gasteiger partial charge in [0.1, 0.15) is 0 Å². The van der Waals surface area contributed by atoms with Gasteiger partial charge in [-0.05, 0) is 85.0 Å². The molecule has 0 radical (unpaired) electrons. The van der Waals surface area contributed by atoms with Gasteiger partial charge in [0.15, 0.2) is 0 Å². The van der Waals surface area contributed by atoms with Crippen molar-refractivity contribution < 1.29 is 0 Å². The Kier molecular flexibility index (Phi) is 4.49. The Bertz CT molecular complexity index is 1610. The van der Waals surface area contributed by atoms with E-state index < -0.39 is 0 Å². The fourth-order valence-corrected chi connectivity index (χ4v) is 4.34. The number of H-pyrrole nitrogens is 2.